The third kappa shape index (κ3) is 2.37. The number of ether oxygens (including phenoxy) is 1. The molecule has 26 heavy (non-hydrogen) atoms. The Labute approximate surface area is 153 Å². The zero-order chi connectivity index (χ0) is 18.3. The van der Waals surface area contributed by atoms with Crippen LogP contribution in [0.5, 0.6) is 0 Å². The summed E-state index contributed by atoms with van der Waals surface area (Å²) in [5.74, 6) is 0.742. The van der Waals surface area contributed by atoms with Crippen molar-refractivity contribution in [2.24, 2.45) is 0 Å². The predicted molar refractivity (Wildman–Crippen MR) is 108 cm³/mol. The standard InChI is InChI=1S/C23H20N2O/c1-14-11-17(26-4)9-10-24-12-19(14)22-15(2)16(3)23(22)20-13-25-21-8-6-5-7-18(20)21/h5-13,24-25H,1-3H2,4H3/b10-9-,17-11+,19-12+. The van der Waals surface area contributed by atoms with Crippen molar-refractivity contribution in [3.05, 3.63) is 114 Å². The molecule has 3 heteroatoms. The van der Waals surface area contributed by atoms with E-state index in [0.29, 0.717) is 0 Å². The molecule has 1 aromatic carbocycles. The number of hydrogen-bond donors (Lipinski definition) is 2. The van der Waals surface area contributed by atoms with Crippen molar-refractivity contribution in [2.45, 2.75) is 0 Å². The highest BCUT2D eigenvalue weighted by Gasteiger charge is 2.32. The smallest absolute Gasteiger partial charge is 0.120 e. The molecule has 1 aliphatic carbocycles. The summed E-state index contributed by atoms with van der Waals surface area (Å²) in [7, 11) is 1.65. The van der Waals surface area contributed by atoms with Crippen molar-refractivity contribution < 1.29 is 4.74 Å². The Morgan fingerprint density at radius 3 is 2.58 bits per heavy atom. The Kier molecular flexibility index (Phi) is 3.77. The van der Waals surface area contributed by atoms with E-state index >= 15 is 0 Å². The van der Waals surface area contributed by atoms with Crippen LogP contribution in [0.4, 0.5) is 0 Å². The Balaban J connectivity index is 1.90. The lowest BCUT2D eigenvalue weighted by Crippen LogP contribution is -2.15. The number of nitrogens with one attached hydrogen (secondary N) is 2. The summed E-state index contributed by atoms with van der Waals surface area (Å²) in [6.07, 6.45) is 9.61. The van der Waals surface area contributed by atoms with E-state index in [1.807, 2.05) is 42.9 Å². The van der Waals surface area contributed by atoms with Crippen molar-refractivity contribution >= 4 is 16.5 Å². The second kappa shape index (κ2) is 6.12. The van der Waals surface area contributed by atoms with Crippen LogP contribution in [-0.2, 0) is 4.74 Å². The minimum Gasteiger partial charge on any atom is -0.497 e. The van der Waals surface area contributed by atoms with E-state index in [0.717, 1.165) is 50.3 Å². The maximum absolute atomic E-state index is 5.37. The molecule has 0 bridgehead atoms. The first-order valence-corrected chi connectivity index (χ1v) is 8.39. The predicted octanol–water partition coefficient (Wildman–Crippen LogP) is 5.13. The van der Waals surface area contributed by atoms with Crippen LogP contribution in [0.2, 0.25) is 0 Å². The molecule has 0 spiro atoms. The average Bonchev–Trinajstić information content (AvgIpc) is 3.06. The molecule has 0 fully saturated rings. The highest BCUT2D eigenvalue weighted by molar-refractivity contribution is 6.08. The zero-order valence-electron chi connectivity index (χ0n) is 14.7. The van der Waals surface area contributed by atoms with Gasteiger partial charge >= 0.3 is 0 Å². The molecule has 3 nitrogen and oxygen atoms in total. The van der Waals surface area contributed by atoms with Gasteiger partial charge in [-0.3, -0.25) is 0 Å². The number of allylic oxidation sites excluding steroid dienone is 8. The topological polar surface area (TPSA) is 37.0 Å². The molecule has 0 atom stereocenters. The minimum absolute atomic E-state index is 0.742. The van der Waals surface area contributed by atoms with Crippen molar-refractivity contribution in [2.75, 3.05) is 7.11 Å². The fourth-order valence-electron chi connectivity index (χ4n) is 3.43. The van der Waals surface area contributed by atoms with Crippen LogP contribution in [0.25, 0.3) is 16.5 Å². The quantitative estimate of drug-likeness (QED) is 0.812. The second-order valence-corrected chi connectivity index (χ2v) is 6.29. The third-order valence-corrected chi connectivity index (χ3v) is 4.82. The van der Waals surface area contributed by atoms with Gasteiger partial charge < -0.3 is 15.0 Å². The van der Waals surface area contributed by atoms with Gasteiger partial charge in [-0.1, -0.05) is 37.9 Å². The van der Waals surface area contributed by atoms with E-state index in [4.69, 9.17) is 4.74 Å². The molecule has 4 rings (SSSR count). The maximum atomic E-state index is 5.37. The van der Waals surface area contributed by atoms with Crippen molar-refractivity contribution in [3.63, 3.8) is 0 Å². The van der Waals surface area contributed by atoms with Crippen LogP contribution in [0, 0.1) is 0 Å². The van der Waals surface area contributed by atoms with E-state index in [-0.39, 0.29) is 0 Å². The molecule has 1 aromatic heterocycles. The largest absolute Gasteiger partial charge is 0.497 e. The van der Waals surface area contributed by atoms with Gasteiger partial charge in [0.15, 0.2) is 0 Å². The Morgan fingerprint density at radius 1 is 1.00 bits per heavy atom. The summed E-state index contributed by atoms with van der Waals surface area (Å²) in [6, 6.07) is 8.26. The highest BCUT2D eigenvalue weighted by Crippen LogP contribution is 2.50. The molecular weight excluding hydrogens is 320 g/mol. The summed E-state index contributed by atoms with van der Waals surface area (Å²) in [5, 5.41) is 4.36. The third-order valence-electron chi connectivity index (χ3n) is 4.82. The number of aromatic amines is 1. The fraction of sp³-hybridized carbons (Fsp3) is 0.0435. The highest BCUT2D eigenvalue weighted by atomic mass is 16.5. The number of benzene rings is 1. The number of H-pyrrole nitrogens is 1. The minimum atomic E-state index is 0.742. The van der Waals surface area contributed by atoms with Crippen LogP contribution in [0.15, 0.2) is 108 Å². The number of methoxy groups -OCH3 is 1. The van der Waals surface area contributed by atoms with Crippen LogP contribution < -0.4 is 5.32 Å². The number of hydrogen-bond acceptors (Lipinski definition) is 2. The Morgan fingerprint density at radius 2 is 1.77 bits per heavy atom. The van der Waals surface area contributed by atoms with Gasteiger partial charge in [0.1, 0.15) is 5.76 Å². The molecule has 2 N–H and O–H groups in total. The molecule has 0 radical (unpaired) electrons. The first-order chi connectivity index (χ1) is 12.6. The van der Waals surface area contributed by atoms with Crippen LogP contribution >= 0.6 is 0 Å². The summed E-state index contributed by atoms with van der Waals surface area (Å²) >= 11 is 0. The molecule has 128 valence electrons. The van der Waals surface area contributed by atoms with Gasteiger partial charge in [0, 0.05) is 40.6 Å². The number of para-hydroxylation sites is 1. The molecule has 0 amide bonds. The van der Waals surface area contributed by atoms with Gasteiger partial charge in [0.2, 0.25) is 0 Å². The van der Waals surface area contributed by atoms with Gasteiger partial charge in [-0.15, -0.1) is 0 Å². The first-order valence-electron chi connectivity index (χ1n) is 8.39. The Hall–Kier alpha value is -3.46. The lowest BCUT2D eigenvalue weighted by molar-refractivity contribution is 0.306. The molecule has 1 aliphatic heterocycles. The monoisotopic (exact) mass is 340 g/mol. The average molecular weight is 340 g/mol. The molecule has 2 heterocycles. The molecule has 0 saturated carbocycles. The molecule has 0 saturated heterocycles. The number of fused-ring (bicyclic) bond motifs is 1. The van der Waals surface area contributed by atoms with Gasteiger partial charge in [-0.25, -0.2) is 0 Å². The van der Waals surface area contributed by atoms with E-state index in [1.165, 1.54) is 5.39 Å². The molecule has 0 unspecified atom stereocenters. The number of rotatable bonds is 3. The van der Waals surface area contributed by atoms with Crippen LogP contribution in [-0.4, -0.2) is 12.1 Å². The molecular formula is C23H20N2O. The van der Waals surface area contributed by atoms with Crippen molar-refractivity contribution in [1.29, 1.82) is 0 Å². The van der Waals surface area contributed by atoms with E-state index in [2.05, 4.69) is 42.2 Å². The zero-order valence-corrected chi connectivity index (χ0v) is 14.7. The first kappa shape index (κ1) is 16.0. The van der Waals surface area contributed by atoms with Crippen LogP contribution in [0.3, 0.4) is 0 Å². The van der Waals surface area contributed by atoms with Gasteiger partial charge in [0.05, 0.1) is 7.11 Å². The molecule has 2 aromatic rings. The maximum Gasteiger partial charge on any atom is 0.120 e. The van der Waals surface area contributed by atoms with E-state index in [9.17, 15) is 0 Å². The van der Waals surface area contributed by atoms with Gasteiger partial charge in [-0.2, -0.15) is 0 Å². The van der Waals surface area contributed by atoms with Crippen LogP contribution in [0.1, 0.15) is 5.56 Å². The number of aromatic nitrogens is 1. The molecule has 2 aliphatic rings. The van der Waals surface area contributed by atoms with Crippen molar-refractivity contribution in [3.8, 4) is 0 Å². The van der Waals surface area contributed by atoms with E-state index in [1.54, 1.807) is 7.11 Å². The lowest BCUT2D eigenvalue weighted by Gasteiger charge is -2.32. The fourth-order valence-corrected chi connectivity index (χ4v) is 3.43. The van der Waals surface area contributed by atoms with E-state index < -0.39 is 0 Å². The SMILES string of the molecule is C=C1C(=C)C(c2c[nH]c3ccccc23)=C1/C1=C/N/C=C\C(OC)=C/C1=C. The van der Waals surface area contributed by atoms with Gasteiger partial charge in [0.25, 0.3) is 0 Å². The van der Waals surface area contributed by atoms with Gasteiger partial charge in [-0.05, 0) is 46.1 Å². The second-order valence-electron chi connectivity index (χ2n) is 6.29. The summed E-state index contributed by atoms with van der Waals surface area (Å²) in [5.41, 5.74) is 8.17. The summed E-state index contributed by atoms with van der Waals surface area (Å²) in [6.45, 7) is 12.7. The summed E-state index contributed by atoms with van der Waals surface area (Å²) < 4.78 is 5.37. The lowest BCUT2D eigenvalue weighted by atomic mass is 9.71. The summed E-state index contributed by atoms with van der Waals surface area (Å²) in [4.78, 5) is 3.34. The van der Waals surface area contributed by atoms with Crippen molar-refractivity contribution in [1.82, 2.24) is 10.3 Å². The Bertz CT molecular complexity index is 1090. The normalized spacial score (nSPS) is 22.6.